The molecule has 0 bridgehead atoms. The van der Waals surface area contributed by atoms with Crippen LogP contribution in [0, 0.1) is 5.92 Å². The molecule has 1 fully saturated rings. The van der Waals surface area contributed by atoms with Crippen molar-refractivity contribution >= 4 is 29.0 Å². The normalized spacial score (nSPS) is 19.3. The van der Waals surface area contributed by atoms with Gasteiger partial charge in [0.1, 0.15) is 5.92 Å². The zero-order valence-corrected chi connectivity index (χ0v) is 11.4. The summed E-state index contributed by atoms with van der Waals surface area (Å²) in [6, 6.07) is 3.79. The molecule has 1 amide bonds. The number of ether oxygens (including phenoxy) is 1. The smallest absolute Gasteiger partial charge is 0.316 e. The number of carbonyl (C=O) groups is 3. The topological polar surface area (TPSA) is 63.7 Å². The molecule has 1 atom stereocenters. The molecule has 1 aliphatic heterocycles. The minimum atomic E-state index is -0.712. The highest BCUT2D eigenvalue weighted by Crippen LogP contribution is 2.17. The largest absolute Gasteiger partial charge is 0.468 e. The molecule has 0 spiro atoms. The second-order valence-electron chi connectivity index (χ2n) is 4.40. The number of nitrogens with zero attached hydrogens (tertiary/aromatic N) is 1. The molecule has 0 N–H and O–H groups in total. The Balaban J connectivity index is 1.92. The molecule has 0 saturated carbocycles. The summed E-state index contributed by atoms with van der Waals surface area (Å²) < 4.78 is 4.58. The van der Waals surface area contributed by atoms with Crippen molar-refractivity contribution in [1.29, 1.82) is 0 Å². The number of Topliss-reactive ketones (excluding diaryl/α,β-unsaturated/α-hetero) is 1. The Morgan fingerprint density at radius 1 is 1.53 bits per heavy atom. The third-order valence-electron chi connectivity index (χ3n) is 3.17. The van der Waals surface area contributed by atoms with Crippen LogP contribution in [0.4, 0.5) is 0 Å². The first-order valence-electron chi connectivity index (χ1n) is 6.02. The maximum Gasteiger partial charge on any atom is 0.316 e. The first-order chi connectivity index (χ1) is 9.11. The molecular weight excluding hydrogens is 266 g/mol. The van der Waals surface area contributed by atoms with E-state index in [0.29, 0.717) is 19.4 Å². The Labute approximate surface area is 115 Å². The van der Waals surface area contributed by atoms with Gasteiger partial charge in [0.2, 0.25) is 5.91 Å². The molecule has 0 radical (unpaired) electrons. The Morgan fingerprint density at radius 3 is 2.89 bits per heavy atom. The molecule has 5 nitrogen and oxygen atoms in total. The SMILES string of the molecule is COC(=O)C1CCN(C(=O)Cc2cccs2)CC1=O. The lowest BCUT2D eigenvalue weighted by Gasteiger charge is -2.29. The average Bonchev–Trinajstić information content (AvgIpc) is 2.90. The van der Waals surface area contributed by atoms with Crippen molar-refractivity contribution < 1.29 is 19.1 Å². The summed E-state index contributed by atoms with van der Waals surface area (Å²) in [6.45, 7) is 0.430. The number of esters is 1. The highest BCUT2D eigenvalue weighted by atomic mass is 32.1. The molecule has 1 saturated heterocycles. The van der Waals surface area contributed by atoms with Crippen molar-refractivity contribution in [2.24, 2.45) is 5.92 Å². The highest BCUT2D eigenvalue weighted by molar-refractivity contribution is 7.10. The summed E-state index contributed by atoms with van der Waals surface area (Å²) in [4.78, 5) is 37.7. The van der Waals surface area contributed by atoms with Gasteiger partial charge in [-0.25, -0.2) is 0 Å². The number of thiophene rings is 1. The van der Waals surface area contributed by atoms with E-state index in [2.05, 4.69) is 4.74 Å². The number of ketones is 1. The number of carbonyl (C=O) groups excluding carboxylic acids is 3. The average molecular weight is 281 g/mol. The molecule has 19 heavy (non-hydrogen) atoms. The third kappa shape index (κ3) is 3.20. The number of rotatable bonds is 3. The fourth-order valence-corrected chi connectivity index (χ4v) is 2.80. The summed E-state index contributed by atoms with van der Waals surface area (Å²) in [5.74, 6) is -1.53. The Morgan fingerprint density at radius 2 is 2.32 bits per heavy atom. The van der Waals surface area contributed by atoms with Gasteiger partial charge >= 0.3 is 5.97 Å². The highest BCUT2D eigenvalue weighted by Gasteiger charge is 2.34. The molecule has 102 valence electrons. The first-order valence-corrected chi connectivity index (χ1v) is 6.90. The molecule has 2 heterocycles. The maximum atomic E-state index is 12.0. The van der Waals surface area contributed by atoms with E-state index < -0.39 is 11.9 Å². The molecule has 1 aromatic heterocycles. The van der Waals surface area contributed by atoms with Gasteiger partial charge in [-0.1, -0.05) is 6.07 Å². The van der Waals surface area contributed by atoms with Crippen molar-refractivity contribution in [1.82, 2.24) is 4.90 Å². The van der Waals surface area contributed by atoms with E-state index in [-0.39, 0.29) is 18.2 Å². The monoisotopic (exact) mass is 281 g/mol. The number of hydrogen-bond acceptors (Lipinski definition) is 5. The van der Waals surface area contributed by atoms with Gasteiger partial charge in [-0.15, -0.1) is 11.3 Å². The number of likely N-dealkylation sites (tertiary alicyclic amines) is 1. The molecule has 1 aliphatic rings. The van der Waals surface area contributed by atoms with E-state index in [1.165, 1.54) is 23.3 Å². The van der Waals surface area contributed by atoms with Crippen molar-refractivity contribution in [2.75, 3.05) is 20.2 Å². The van der Waals surface area contributed by atoms with Crippen molar-refractivity contribution in [3.05, 3.63) is 22.4 Å². The molecular formula is C13H15NO4S. The molecule has 6 heteroatoms. The zero-order chi connectivity index (χ0) is 13.8. The van der Waals surface area contributed by atoms with Gasteiger partial charge < -0.3 is 9.64 Å². The van der Waals surface area contributed by atoms with E-state index in [1.54, 1.807) is 0 Å². The number of hydrogen-bond donors (Lipinski definition) is 0. The summed E-state index contributed by atoms with van der Waals surface area (Å²) in [7, 11) is 1.27. The Hall–Kier alpha value is -1.69. The predicted octanol–water partition coefficient (Wildman–Crippen LogP) is 0.881. The van der Waals surface area contributed by atoms with E-state index in [4.69, 9.17) is 0 Å². The van der Waals surface area contributed by atoms with Crippen molar-refractivity contribution in [2.45, 2.75) is 12.8 Å². The van der Waals surface area contributed by atoms with Crippen LogP contribution in [0.1, 0.15) is 11.3 Å². The third-order valence-corrected chi connectivity index (χ3v) is 4.04. The molecule has 1 aromatic rings. The van der Waals surface area contributed by atoms with Crippen molar-refractivity contribution in [3.8, 4) is 0 Å². The molecule has 0 aliphatic carbocycles. The summed E-state index contributed by atoms with van der Waals surface area (Å²) in [5.41, 5.74) is 0. The molecule has 2 rings (SSSR count). The van der Waals surface area contributed by atoms with Gasteiger partial charge in [-0.3, -0.25) is 14.4 Å². The maximum absolute atomic E-state index is 12.0. The van der Waals surface area contributed by atoms with Crippen LogP contribution in [0.3, 0.4) is 0 Å². The van der Waals surface area contributed by atoms with Crippen LogP contribution in [0.25, 0.3) is 0 Å². The summed E-state index contributed by atoms with van der Waals surface area (Å²) >= 11 is 1.52. The predicted molar refractivity (Wildman–Crippen MR) is 69.7 cm³/mol. The van der Waals surface area contributed by atoms with E-state index in [1.807, 2.05) is 17.5 Å². The number of methoxy groups -OCH3 is 1. The minimum absolute atomic E-state index is 0.00394. The van der Waals surface area contributed by atoms with Gasteiger partial charge in [0.25, 0.3) is 0 Å². The molecule has 0 aromatic carbocycles. The lowest BCUT2D eigenvalue weighted by molar-refractivity contribution is -0.154. The first kappa shape index (κ1) is 13.7. The summed E-state index contributed by atoms with van der Waals surface area (Å²) in [6.07, 6.45) is 0.662. The van der Waals surface area contributed by atoms with Crippen LogP contribution < -0.4 is 0 Å². The van der Waals surface area contributed by atoms with Crippen LogP contribution >= 0.6 is 11.3 Å². The molecule has 1 unspecified atom stereocenters. The fourth-order valence-electron chi connectivity index (χ4n) is 2.10. The minimum Gasteiger partial charge on any atom is -0.468 e. The zero-order valence-electron chi connectivity index (χ0n) is 10.6. The van der Waals surface area contributed by atoms with E-state index >= 15 is 0 Å². The second-order valence-corrected chi connectivity index (χ2v) is 5.43. The second kappa shape index (κ2) is 5.97. The van der Waals surface area contributed by atoms with Crippen molar-refractivity contribution in [3.63, 3.8) is 0 Å². The van der Waals surface area contributed by atoms with Gasteiger partial charge in [0.15, 0.2) is 5.78 Å². The summed E-state index contributed by atoms with van der Waals surface area (Å²) in [5, 5.41) is 1.91. The fraction of sp³-hybridized carbons (Fsp3) is 0.462. The number of piperidine rings is 1. The quantitative estimate of drug-likeness (QED) is 0.609. The van der Waals surface area contributed by atoms with Gasteiger partial charge in [0.05, 0.1) is 20.1 Å². The van der Waals surface area contributed by atoms with Gasteiger partial charge in [-0.05, 0) is 17.9 Å². The van der Waals surface area contributed by atoms with Crippen LogP contribution in [0.2, 0.25) is 0 Å². The lowest BCUT2D eigenvalue weighted by Crippen LogP contribution is -2.47. The van der Waals surface area contributed by atoms with Gasteiger partial charge in [-0.2, -0.15) is 0 Å². The Bertz CT molecular complexity index is 483. The van der Waals surface area contributed by atoms with Gasteiger partial charge in [0, 0.05) is 11.4 Å². The van der Waals surface area contributed by atoms with Crippen LogP contribution in [0.5, 0.6) is 0 Å². The van der Waals surface area contributed by atoms with Crippen LogP contribution in [-0.4, -0.2) is 42.8 Å². The Kier molecular flexibility index (Phi) is 4.31. The van der Waals surface area contributed by atoms with E-state index in [9.17, 15) is 14.4 Å². The van der Waals surface area contributed by atoms with Crippen LogP contribution in [0.15, 0.2) is 17.5 Å². The standard InChI is InChI=1S/C13H15NO4S/c1-18-13(17)10-4-5-14(8-11(10)15)12(16)7-9-3-2-6-19-9/h2-3,6,10H,4-5,7-8H2,1H3. The van der Waals surface area contributed by atoms with Crippen LogP contribution in [-0.2, 0) is 25.5 Å². The number of amides is 1. The van der Waals surface area contributed by atoms with E-state index in [0.717, 1.165) is 4.88 Å². The lowest BCUT2D eigenvalue weighted by atomic mass is 9.95.